The van der Waals surface area contributed by atoms with Crippen molar-refractivity contribution in [3.63, 3.8) is 0 Å². The molecule has 0 amide bonds. The van der Waals surface area contributed by atoms with Crippen LogP contribution in [0, 0.1) is 0 Å². The molecule has 0 aliphatic carbocycles. The Hall–Kier alpha value is -7.98. The Kier molecular flexibility index (Phi) is 8.87. The fourth-order valence-corrected chi connectivity index (χ4v) is 15.0. The molecular formula is C60H42N2Si. The molecule has 12 aromatic rings. The Morgan fingerprint density at radius 2 is 0.698 bits per heavy atom. The molecule has 12 rings (SSSR count). The van der Waals surface area contributed by atoms with Crippen LogP contribution in [-0.4, -0.2) is 17.2 Å². The van der Waals surface area contributed by atoms with E-state index in [4.69, 9.17) is 0 Å². The maximum Gasteiger partial charge on any atom is 0.179 e. The zero-order valence-electron chi connectivity index (χ0n) is 34.6. The van der Waals surface area contributed by atoms with Gasteiger partial charge in [0.1, 0.15) is 0 Å². The van der Waals surface area contributed by atoms with E-state index in [0.29, 0.717) is 0 Å². The van der Waals surface area contributed by atoms with Crippen LogP contribution in [0.1, 0.15) is 0 Å². The minimum absolute atomic E-state index is 1.13. The van der Waals surface area contributed by atoms with Crippen molar-refractivity contribution in [2.75, 3.05) is 0 Å². The van der Waals surface area contributed by atoms with Crippen molar-refractivity contribution >= 4 is 72.4 Å². The van der Waals surface area contributed by atoms with Crippen molar-refractivity contribution in [3.8, 4) is 33.6 Å². The molecule has 0 fully saturated rings. The second-order valence-corrected chi connectivity index (χ2v) is 20.3. The van der Waals surface area contributed by atoms with Crippen LogP contribution in [0.5, 0.6) is 0 Å². The zero-order valence-corrected chi connectivity index (χ0v) is 35.6. The average Bonchev–Trinajstić information content (AvgIpc) is 3.88. The summed E-state index contributed by atoms with van der Waals surface area (Å²) >= 11 is 0. The predicted molar refractivity (Wildman–Crippen MR) is 270 cm³/mol. The number of hydrogen-bond donors (Lipinski definition) is 0. The number of para-hydroxylation sites is 2. The van der Waals surface area contributed by atoms with Crippen LogP contribution in [0.15, 0.2) is 255 Å². The smallest absolute Gasteiger partial charge is 0.179 e. The lowest BCUT2D eigenvalue weighted by molar-refractivity contribution is 1.13. The summed E-state index contributed by atoms with van der Waals surface area (Å²) in [6, 6.07) is 94.3. The van der Waals surface area contributed by atoms with Crippen LogP contribution in [0.4, 0.5) is 0 Å². The number of rotatable bonds is 8. The molecule has 0 aliphatic heterocycles. The maximum atomic E-state index is 2.54. The first-order valence-electron chi connectivity index (χ1n) is 21.8. The van der Waals surface area contributed by atoms with Gasteiger partial charge in [0.2, 0.25) is 0 Å². The summed E-state index contributed by atoms with van der Waals surface area (Å²) in [4.78, 5) is 0. The Bertz CT molecular complexity index is 3480. The Morgan fingerprint density at radius 1 is 0.254 bits per heavy atom. The molecule has 0 saturated carbocycles. The fraction of sp³-hybridized carbons (Fsp3) is 0. The third-order valence-corrected chi connectivity index (χ3v) is 17.8. The molecule has 2 heterocycles. The third-order valence-electron chi connectivity index (χ3n) is 13.1. The molecule has 3 heteroatoms. The minimum atomic E-state index is -2.81. The lowest BCUT2D eigenvalue weighted by atomic mass is 10.0. The first-order chi connectivity index (χ1) is 31.3. The first-order valence-corrected chi connectivity index (χ1v) is 23.8. The highest BCUT2D eigenvalue weighted by Crippen LogP contribution is 2.41. The van der Waals surface area contributed by atoms with Gasteiger partial charge in [-0.2, -0.15) is 0 Å². The molecular weight excluding hydrogens is 777 g/mol. The summed E-state index contributed by atoms with van der Waals surface area (Å²) in [6.45, 7) is 0. The van der Waals surface area contributed by atoms with Gasteiger partial charge in [0.25, 0.3) is 0 Å². The summed E-state index contributed by atoms with van der Waals surface area (Å²) in [7, 11) is -2.81. The maximum absolute atomic E-state index is 2.81. The van der Waals surface area contributed by atoms with Crippen molar-refractivity contribution < 1.29 is 0 Å². The highest BCUT2D eigenvalue weighted by atomic mass is 28.3. The molecule has 0 atom stereocenters. The van der Waals surface area contributed by atoms with Gasteiger partial charge in [0, 0.05) is 27.2 Å². The summed E-state index contributed by atoms with van der Waals surface area (Å²) in [6.07, 6.45) is 0. The Labute approximate surface area is 368 Å². The first kappa shape index (κ1) is 36.8. The van der Waals surface area contributed by atoms with E-state index in [1.165, 1.54) is 86.6 Å². The summed E-state index contributed by atoms with van der Waals surface area (Å²) in [5, 5.41) is 10.4. The molecule has 296 valence electrons. The molecule has 0 unspecified atom stereocenters. The normalized spacial score (nSPS) is 11.8. The van der Waals surface area contributed by atoms with E-state index in [1.807, 2.05) is 0 Å². The van der Waals surface area contributed by atoms with Crippen molar-refractivity contribution in [2.24, 2.45) is 0 Å². The quantitative estimate of drug-likeness (QED) is 0.107. The Morgan fingerprint density at radius 3 is 1.30 bits per heavy atom. The summed E-state index contributed by atoms with van der Waals surface area (Å²) in [5.74, 6) is 0. The van der Waals surface area contributed by atoms with Gasteiger partial charge in [-0.25, -0.2) is 0 Å². The van der Waals surface area contributed by atoms with E-state index in [-0.39, 0.29) is 0 Å². The number of nitrogens with zero attached hydrogens (tertiary/aromatic N) is 2. The van der Waals surface area contributed by atoms with E-state index >= 15 is 0 Å². The summed E-state index contributed by atoms with van der Waals surface area (Å²) in [5.41, 5.74) is 11.8. The van der Waals surface area contributed by atoms with Crippen molar-refractivity contribution in [1.29, 1.82) is 0 Å². The van der Waals surface area contributed by atoms with E-state index in [2.05, 4.69) is 264 Å². The van der Waals surface area contributed by atoms with Crippen molar-refractivity contribution in [1.82, 2.24) is 9.13 Å². The average molecular weight is 819 g/mol. The van der Waals surface area contributed by atoms with Gasteiger partial charge >= 0.3 is 0 Å². The van der Waals surface area contributed by atoms with Crippen LogP contribution in [0.3, 0.4) is 0 Å². The van der Waals surface area contributed by atoms with E-state index in [0.717, 1.165) is 11.4 Å². The number of hydrogen-bond acceptors (Lipinski definition) is 0. The fourth-order valence-electron chi connectivity index (χ4n) is 10.3. The largest absolute Gasteiger partial charge is 0.307 e. The highest BCUT2D eigenvalue weighted by Gasteiger charge is 2.41. The van der Waals surface area contributed by atoms with Crippen molar-refractivity contribution in [2.45, 2.75) is 0 Å². The number of fused-ring (bicyclic) bond motifs is 6. The van der Waals surface area contributed by atoms with Gasteiger partial charge in [0.15, 0.2) is 8.07 Å². The third kappa shape index (κ3) is 5.93. The van der Waals surface area contributed by atoms with Crippen LogP contribution in [-0.2, 0) is 0 Å². The van der Waals surface area contributed by atoms with Crippen LogP contribution < -0.4 is 20.7 Å². The van der Waals surface area contributed by atoms with Gasteiger partial charge in [-0.15, -0.1) is 0 Å². The van der Waals surface area contributed by atoms with E-state index < -0.39 is 8.07 Å². The molecule has 0 saturated heterocycles. The van der Waals surface area contributed by atoms with Crippen LogP contribution in [0.2, 0.25) is 0 Å². The lowest BCUT2D eigenvalue weighted by Gasteiger charge is -2.34. The zero-order chi connectivity index (χ0) is 41.7. The van der Waals surface area contributed by atoms with E-state index in [9.17, 15) is 0 Å². The second-order valence-electron chi connectivity index (χ2n) is 16.5. The van der Waals surface area contributed by atoms with Gasteiger partial charge in [-0.1, -0.05) is 212 Å². The molecule has 10 aromatic carbocycles. The van der Waals surface area contributed by atoms with Gasteiger partial charge in [-0.3, -0.25) is 0 Å². The molecule has 0 N–H and O–H groups in total. The van der Waals surface area contributed by atoms with Crippen LogP contribution in [0.25, 0.3) is 77.2 Å². The Balaban J connectivity index is 1.17. The SMILES string of the molecule is c1ccc(-c2ccc(-n3c4ccccc4c4cccc(-n5c6ccc(-c7ccccc7)cc6c6cc([Si](c7ccccc7)(c7ccccc7)c7ccccc7)ccc65)c43)cc2)cc1. The molecule has 2 aromatic heterocycles. The van der Waals surface area contributed by atoms with Gasteiger partial charge < -0.3 is 9.13 Å². The number of aromatic nitrogens is 2. The molecule has 0 bridgehead atoms. The molecule has 0 aliphatic rings. The predicted octanol–water partition coefficient (Wildman–Crippen LogP) is 12.6. The second kappa shape index (κ2) is 15.2. The standard InChI is InChI=1S/C60H42N2Si/c1-6-19-43(20-7-1)45-33-36-47(37-34-45)61-56-31-17-16-29-52(56)53-30-18-32-59(60(53)61)62-57-39-35-46(44-21-8-2-9-22-44)41-54(57)55-42-51(38-40-58(55)62)63(48-23-10-3-11-24-48,49-25-12-4-13-26-49)50-27-14-5-15-28-50/h1-42H. The molecule has 0 radical (unpaired) electrons. The number of benzene rings is 10. The van der Waals surface area contributed by atoms with Crippen molar-refractivity contribution in [3.05, 3.63) is 255 Å². The topological polar surface area (TPSA) is 9.86 Å². The van der Waals surface area contributed by atoms with Gasteiger partial charge in [-0.05, 0) is 85.5 Å². The monoisotopic (exact) mass is 818 g/mol. The molecule has 2 nitrogen and oxygen atoms in total. The lowest BCUT2D eigenvalue weighted by Crippen LogP contribution is -2.74. The summed E-state index contributed by atoms with van der Waals surface area (Å²) < 4.78 is 4.99. The highest BCUT2D eigenvalue weighted by molar-refractivity contribution is 7.20. The van der Waals surface area contributed by atoms with Gasteiger partial charge in [0.05, 0.1) is 27.8 Å². The molecule has 63 heavy (non-hydrogen) atoms. The van der Waals surface area contributed by atoms with E-state index in [1.54, 1.807) is 0 Å². The minimum Gasteiger partial charge on any atom is -0.307 e. The van der Waals surface area contributed by atoms with Crippen LogP contribution >= 0.6 is 0 Å². The molecule has 0 spiro atoms.